The van der Waals surface area contributed by atoms with Gasteiger partial charge < -0.3 is 5.32 Å². The molecule has 20 heavy (non-hydrogen) atoms. The highest BCUT2D eigenvalue weighted by Gasteiger charge is 2.38. The summed E-state index contributed by atoms with van der Waals surface area (Å²) >= 11 is 0. The summed E-state index contributed by atoms with van der Waals surface area (Å²) in [5.74, 6) is 0.387. The minimum atomic E-state index is -0.0406. The molecule has 3 heteroatoms. The van der Waals surface area contributed by atoms with Crippen molar-refractivity contribution in [1.29, 1.82) is 0 Å². The molecule has 0 atom stereocenters. The van der Waals surface area contributed by atoms with E-state index in [1.807, 2.05) is 24.3 Å². The fourth-order valence-electron chi connectivity index (χ4n) is 2.77. The van der Waals surface area contributed by atoms with E-state index < -0.39 is 0 Å². The van der Waals surface area contributed by atoms with Crippen LogP contribution in [0.15, 0.2) is 30.0 Å². The maximum absolute atomic E-state index is 12.5. The molecule has 0 heterocycles. The van der Waals surface area contributed by atoms with Crippen LogP contribution in [0.5, 0.6) is 0 Å². The number of benzene rings is 1. The summed E-state index contributed by atoms with van der Waals surface area (Å²) in [6.07, 6.45) is 4.56. The molecule has 1 amide bonds. The van der Waals surface area contributed by atoms with Crippen LogP contribution in [0.1, 0.15) is 54.9 Å². The molecule has 1 aromatic rings. The van der Waals surface area contributed by atoms with Crippen molar-refractivity contribution in [1.82, 2.24) is 5.32 Å². The smallest absolute Gasteiger partial charge is 0.224 e. The topological polar surface area (TPSA) is 46.2 Å². The summed E-state index contributed by atoms with van der Waals surface area (Å²) in [6.45, 7) is 2.05. The van der Waals surface area contributed by atoms with E-state index in [1.54, 1.807) is 0 Å². The molecule has 3 nitrogen and oxygen atoms in total. The highest BCUT2D eigenvalue weighted by atomic mass is 16.2. The van der Waals surface area contributed by atoms with Crippen LogP contribution in [-0.2, 0) is 4.79 Å². The molecule has 1 aromatic carbocycles. The first-order chi connectivity index (χ1) is 9.72. The van der Waals surface area contributed by atoms with Gasteiger partial charge in [0.2, 0.25) is 11.7 Å². The Kier molecular flexibility index (Phi) is 3.43. The van der Waals surface area contributed by atoms with Gasteiger partial charge >= 0.3 is 0 Å². The van der Waals surface area contributed by atoms with Crippen LogP contribution in [0.3, 0.4) is 0 Å². The summed E-state index contributed by atoms with van der Waals surface area (Å²) in [4.78, 5) is 24.4. The van der Waals surface area contributed by atoms with Crippen LogP contribution in [0, 0.1) is 5.92 Å². The lowest BCUT2D eigenvalue weighted by Crippen LogP contribution is -2.26. The summed E-state index contributed by atoms with van der Waals surface area (Å²) in [7, 11) is 0. The number of hydrogen-bond acceptors (Lipinski definition) is 2. The van der Waals surface area contributed by atoms with Gasteiger partial charge in [-0.15, -0.1) is 0 Å². The fraction of sp³-hybridized carbons (Fsp3) is 0.412. The van der Waals surface area contributed by atoms with Crippen molar-refractivity contribution >= 4 is 17.3 Å². The molecule has 0 radical (unpaired) electrons. The van der Waals surface area contributed by atoms with Crippen LogP contribution < -0.4 is 5.32 Å². The molecule has 1 fully saturated rings. The van der Waals surface area contributed by atoms with Crippen molar-refractivity contribution in [3.05, 3.63) is 41.1 Å². The highest BCUT2D eigenvalue weighted by Crippen LogP contribution is 2.47. The zero-order valence-electron chi connectivity index (χ0n) is 11.7. The van der Waals surface area contributed by atoms with Crippen LogP contribution in [-0.4, -0.2) is 11.7 Å². The number of carbonyl (C=O) groups excluding carboxylic acids is 2. The monoisotopic (exact) mass is 269 g/mol. The average Bonchev–Trinajstić information content (AvgIpc) is 3.25. The zero-order chi connectivity index (χ0) is 14.1. The van der Waals surface area contributed by atoms with Gasteiger partial charge in [-0.25, -0.2) is 0 Å². The highest BCUT2D eigenvalue weighted by molar-refractivity contribution is 6.22. The Balaban J connectivity index is 1.90. The van der Waals surface area contributed by atoms with Gasteiger partial charge in [-0.3, -0.25) is 9.59 Å². The lowest BCUT2D eigenvalue weighted by atomic mass is 10.0. The third-order valence-corrected chi connectivity index (χ3v) is 3.97. The SMILES string of the molecule is CCCCC(=O)NC1=C(C2CC2)c2ccccc2C1=O. The number of Topliss-reactive ketones (excluding diaryl/α,β-unsaturated/α-hetero) is 1. The predicted octanol–water partition coefficient (Wildman–Crippen LogP) is 3.31. The second-order valence-corrected chi connectivity index (χ2v) is 5.59. The Morgan fingerprint density at radius 1 is 1.25 bits per heavy atom. The maximum Gasteiger partial charge on any atom is 0.224 e. The van der Waals surface area contributed by atoms with E-state index in [0.29, 0.717) is 18.0 Å². The number of rotatable bonds is 5. The second-order valence-electron chi connectivity index (χ2n) is 5.59. The van der Waals surface area contributed by atoms with E-state index in [9.17, 15) is 9.59 Å². The van der Waals surface area contributed by atoms with E-state index in [2.05, 4.69) is 12.2 Å². The van der Waals surface area contributed by atoms with Crippen LogP contribution in [0.25, 0.3) is 5.57 Å². The van der Waals surface area contributed by atoms with Gasteiger partial charge in [-0.2, -0.15) is 0 Å². The second kappa shape index (κ2) is 5.23. The summed E-state index contributed by atoms with van der Waals surface area (Å²) < 4.78 is 0. The van der Waals surface area contributed by atoms with E-state index in [1.165, 1.54) is 0 Å². The lowest BCUT2D eigenvalue weighted by Gasteiger charge is -2.08. The van der Waals surface area contributed by atoms with Gasteiger partial charge in [-0.1, -0.05) is 37.6 Å². The Hall–Kier alpha value is -1.90. The number of unbranched alkanes of at least 4 members (excludes halogenated alkanes) is 1. The molecule has 2 aliphatic rings. The van der Waals surface area contributed by atoms with Crippen molar-refractivity contribution in [2.45, 2.75) is 39.0 Å². The van der Waals surface area contributed by atoms with Gasteiger partial charge in [0.1, 0.15) is 0 Å². The first-order valence-electron chi connectivity index (χ1n) is 7.40. The molecule has 0 bridgehead atoms. The van der Waals surface area contributed by atoms with Crippen molar-refractivity contribution in [2.24, 2.45) is 5.92 Å². The van der Waals surface area contributed by atoms with E-state index in [-0.39, 0.29) is 11.7 Å². The van der Waals surface area contributed by atoms with Crippen molar-refractivity contribution in [3.8, 4) is 0 Å². The quantitative estimate of drug-likeness (QED) is 0.891. The number of ketones is 1. The van der Waals surface area contributed by atoms with Crippen molar-refractivity contribution in [2.75, 3.05) is 0 Å². The number of fused-ring (bicyclic) bond motifs is 1. The van der Waals surface area contributed by atoms with Gasteiger partial charge in [0, 0.05) is 12.0 Å². The molecule has 1 N–H and O–H groups in total. The Morgan fingerprint density at radius 2 is 1.95 bits per heavy atom. The van der Waals surface area contributed by atoms with Crippen LogP contribution >= 0.6 is 0 Å². The third kappa shape index (κ3) is 2.28. The largest absolute Gasteiger partial charge is 0.323 e. The Morgan fingerprint density at radius 3 is 2.60 bits per heavy atom. The van der Waals surface area contributed by atoms with Crippen molar-refractivity contribution < 1.29 is 9.59 Å². The molecule has 0 aromatic heterocycles. The molecular weight excluding hydrogens is 250 g/mol. The standard InChI is InChI=1S/C17H19NO2/c1-2-3-8-14(19)18-16-15(11-9-10-11)12-6-4-5-7-13(12)17(16)20/h4-7,11H,2-3,8-10H2,1H3,(H,18,19,20). The number of allylic oxidation sites excluding steroid dienone is 2. The normalized spacial score (nSPS) is 17.4. The molecule has 0 unspecified atom stereocenters. The molecule has 1 saturated carbocycles. The Bertz CT molecular complexity index is 597. The molecule has 2 aliphatic carbocycles. The molecule has 0 spiro atoms. The first-order valence-corrected chi connectivity index (χ1v) is 7.40. The van der Waals surface area contributed by atoms with Gasteiger partial charge in [0.05, 0.1) is 5.70 Å². The van der Waals surface area contributed by atoms with E-state index in [0.717, 1.165) is 42.4 Å². The van der Waals surface area contributed by atoms with Gasteiger partial charge in [0.25, 0.3) is 0 Å². The van der Waals surface area contributed by atoms with Crippen LogP contribution in [0.2, 0.25) is 0 Å². The fourth-order valence-corrected chi connectivity index (χ4v) is 2.77. The minimum Gasteiger partial charge on any atom is -0.323 e. The number of amides is 1. The summed E-state index contributed by atoms with van der Waals surface area (Å²) in [6, 6.07) is 7.68. The molecule has 3 rings (SSSR count). The summed E-state index contributed by atoms with van der Waals surface area (Å²) in [5, 5.41) is 2.87. The van der Waals surface area contributed by atoms with E-state index >= 15 is 0 Å². The number of nitrogens with one attached hydrogen (secondary N) is 1. The zero-order valence-corrected chi connectivity index (χ0v) is 11.7. The average molecular weight is 269 g/mol. The third-order valence-electron chi connectivity index (χ3n) is 3.97. The molecule has 104 valence electrons. The van der Waals surface area contributed by atoms with Crippen LogP contribution in [0.4, 0.5) is 0 Å². The maximum atomic E-state index is 12.5. The number of carbonyl (C=O) groups is 2. The molecular formula is C17H19NO2. The first kappa shape index (κ1) is 13.1. The minimum absolute atomic E-state index is 0.0210. The number of hydrogen-bond donors (Lipinski definition) is 1. The molecule has 0 saturated heterocycles. The van der Waals surface area contributed by atoms with Crippen molar-refractivity contribution in [3.63, 3.8) is 0 Å². The lowest BCUT2D eigenvalue weighted by molar-refractivity contribution is -0.120. The predicted molar refractivity (Wildman–Crippen MR) is 78.1 cm³/mol. The molecule has 0 aliphatic heterocycles. The van der Waals surface area contributed by atoms with Gasteiger partial charge in [-0.05, 0) is 36.3 Å². The van der Waals surface area contributed by atoms with Gasteiger partial charge in [0.15, 0.2) is 0 Å². The van der Waals surface area contributed by atoms with E-state index in [4.69, 9.17) is 0 Å². The summed E-state index contributed by atoms with van der Waals surface area (Å²) in [5.41, 5.74) is 3.36. The Labute approximate surface area is 119 Å².